The van der Waals surface area contributed by atoms with Gasteiger partial charge in [-0.15, -0.1) is 22.7 Å². The maximum Gasteiger partial charge on any atom is 0.130 e. The summed E-state index contributed by atoms with van der Waals surface area (Å²) in [5, 5.41) is 7.81. The fourth-order valence-corrected chi connectivity index (χ4v) is 4.18. The highest BCUT2D eigenvalue weighted by atomic mass is 32.1. The minimum absolute atomic E-state index is 0.141. The summed E-state index contributed by atoms with van der Waals surface area (Å²) in [5.74, 6) is 0.973. The van der Waals surface area contributed by atoms with Crippen LogP contribution < -0.4 is 10.1 Å². The van der Waals surface area contributed by atoms with E-state index in [4.69, 9.17) is 4.74 Å². The minimum atomic E-state index is 0.141. The number of rotatable bonds is 5. The predicted molar refractivity (Wildman–Crippen MR) is 93.0 cm³/mol. The average Bonchev–Trinajstić information content (AvgIpc) is 3.01. The van der Waals surface area contributed by atoms with Gasteiger partial charge in [0.05, 0.1) is 19.9 Å². The SMILES string of the molecule is Cc1nc2c(cc(OC(C)CNC(C)C)c3ccsc32)s1. The van der Waals surface area contributed by atoms with Gasteiger partial charge in [0.15, 0.2) is 0 Å². The van der Waals surface area contributed by atoms with Gasteiger partial charge in [0.1, 0.15) is 11.9 Å². The van der Waals surface area contributed by atoms with Gasteiger partial charge in [-0.1, -0.05) is 13.8 Å². The Morgan fingerprint density at radius 3 is 2.90 bits per heavy atom. The lowest BCUT2D eigenvalue weighted by atomic mass is 10.2. The van der Waals surface area contributed by atoms with Crippen LogP contribution in [0.5, 0.6) is 5.75 Å². The molecular weight excluding hydrogens is 300 g/mol. The van der Waals surface area contributed by atoms with E-state index in [1.54, 1.807) is 22.7 Å². The number of nitrogens with zero attached hydrogens (tertiary/aromatic N) is 1. The zero-order valence-corrected chi connectivity index (χ0v) is 14.4. The Labute approximate surface area is 133 Å². The van der Waals surface area contributed by atoms with E-state index in [1.807, 2.05) is 0 Å². The number of hydrogen-bond donors (Lipinski definition) is 1. The molecule has 2 aromatic heterocycles. The number of fused-ring (bicyclic) bond motifs is 3. The number of thiophene rings is 1. The van der Waals surface area contributed by atoms with Crippen molar-refractivity contribution in [2.75, 3.05) is 6.54 Å². The molecular formula is C16H20N2OS2. The quantitative estimate of drug-likeness (QED) is 0.747. The highest BCUT2D eigenvalue weighted by molar-refractivity contribution is 7.21. The van der Waals surface area contributed by atoms with Gasteiger partial charge < -0.3 is 10.1 Å². The third-order valence-corrected chi connectivity index (χ3v) is 5.15. The summed E-state index contributed by atoms with van der Waals surface area (Å²) in [5.41, 5.74) is 1.11. The topological polar surface area (TPSA) is 34.1 Å². The molecule has 0 aliphatic heterocycles. The summed E-state index contributed by atoms with van der Waals surface area (Å²) < 4.78 is 8.62. The lowest BCUT2D eigenvalue weighted by Crippen LogP contribution is -2.33. The van der Waals surface area contributed by atoms with E-state index in [2.05, 4.69) is 55.5 Å². The molecule has 1 atom stereocenters. The number of aromatic nitrogens is 1. The first-order chi connectivity index (χ1) is 10.0. The molecule has 112 valence electrons. The van der Waals surface area contributed by atoms with Crippen LogP contribution in [-0.4, -0.2) is 23.7 Å². The van der Waals surface area contributed by atoms with E-state index < -0.39 is 0 Å². The lowest BCUT2D eigenvalue weighted by molar-refractivity contribution is 0.216. The van der Waals surface area contributed by atoms with Crippen LogP contribution in [0.2, 0.25) is 0 Å². The van der Waals surface area contributed by atoms with Crippen LogP contribution in [0, 0.1) is 6.92 Å². The van der Waals surface area contributed by atoms with Crippen LogP contribution in [0.3, 0.4) is 0 Å². The van der Waals surface area contributed by atoms with E-state index in [0.29, 0.717) is 6.04 Å². The fraction of sp³-hybridized carbons (Fsp3) is 0.438. The smallest absolute Gasteiger partial charge is 0.130 e. The Morgan fingerprint density at radius 1 is 1.33 bits per heavy atom. The highest BCUT2D eigenvalue weighted by Gasteiger charge is 2.14. The summed E-state index contributed by atoms with van der Waals surface area (Å²) in [6.07, 6.45) is 0.141. The molecule has 0 bridgehead atoms. The molecule has 1 N–H and O–H groups in total. The second-order valence-corrected chi connectivity index (χ2v) is 7.76. The summed E-state index contributed by atoms with van der Waals surface area (Å²) in [6.45, 7) is 9.31. The standard InChI is InChI=1S/C16H20N2OS2/c1-9(2)17-8-10(3)19-13-7-14-15(18-11(4)21-14)16-12(13)5-6-20-16/h5-7,9-10,17H,8H2,1-4H3. The normalized spacial score (nSPS) is 13.4. The van der Waals surface area contributed by atoms with Crippen molar-refractivity contribution in [1.29, 1.82) is 0 Å². The van der Waals surface area contributed by atoms with E-state index in [1.165, 1.54) is 14.8 Å². The van der Waals surface area contributed by atoms with Crippen molar-refractivity contribution in [3.8, 4) is 5.75 Å². The zero-order chi connectivity index (χ0) is 15.0. The van der Waals surface area contributed by atoms with Gasteiger partial charge in [-0.25, -0.2) is 4.98 Å². The van der Waals surface area contributed by atoms with Gasteiger partial charge in [-0.2, -0.15) is 0 Å². The largest absolute Gasteiger partial charge is 0.489 e. The lowest BCUT2D eigenvalue weighted by Gasteiger charge is -2.17. The number of ether oxygens (including phenoxy) is 1. The van der Waals surface area contributed by atoms with Crippen LogP contribution in [0.1, 0.15) is 25.8 Å². The van der Waals surface area contributed by atoms with Gasteiger partial charge in [0, 0.05) is 24.0 Å². The molecule has 2 heterocycles. The van der Waals surface area contributed by atoms with Crippen molar-refractivity contribution >= 4 is 43.0 Å². The molecule has 3 rings (SSSR count). The molecule has 0 spiro atoms. The second-order valence-electron chi connectivity index (χ2n) is 5.61. The minimum Gasteiger partial charge on any atom is -0.489 e. The second kappa shape index (κ2) is 5.91. The molecule has 5 heteroatoms. The zero-order valence-electron chi connectivity index (χ0n) is 12.8. The van der Waals surface area contributed by atoms with Gasteiger partial charge in [-0.05, 0) is 25.3 Å². The third kappa shape index (κ3) is 3.05. The molecule has 0 amide bonds. The van der Waals surface area contributed by atoms with E-state index in [0.717, 1.165) is 22.8 Å². The summed E-state index contributed by atoms with van der Waals surface area (Å²) >= 11 is 3.47. The first-order valence-electron chi connectivity index (χ1n) is 7.22. The van der Waals surface area contributed by atoms with Crippen molar-refractivity contribution in [2.24, 2.45) is 0 Å². The van der Waals surface area contributed by atoms with Crippen molar-refractivity contribution in [3.05, 3.63) is 22.5 Å². The van der Waals surface area contributed by atoms with E-state index in [-0.39, 0.29) is 6.10 Å². The average molecular weight is 320 g/mol. The maximum atomic E-state index is 6.18. The van der Waals surface area contributed by atoms with Gasteiger partial charge >= 0.3 is 0 Å². The van der Waals surface area contributed by atoms with Crippen LogP contribution >= 0.6 is 22.7 Å². The molecule has 1 unspecified atom stereocenters. The maximum absolute atomic E-state index is 6.18. The first-order valence-corrected chi connectivity index (χ1v) is 8.91. The van der Waals surface area contributed by atoms with Crippen LogP contribution in [0.4, 0.5) is 0 Å². The van der Waals surface area contributed by atoms with Crippen molar-refractivity contribution in [1.82, 2.24) is 10.3 Å². The Morgan fingerprint density at radius 2 is 2.14 bits per heavy atom. The summed E-state index contributed by atoms with van der Waals surface area (Å²) in [7, 11) is 0. The number of aryl methyl sites for hydroxylation is 1. The van der Waals surface area contributed by atoms with Crippen molar-refractivity contribution in [2.45, 2.75) is 39.8 Å². The highest BCUT2D eigenvalue weighted by Crippen LogP contribution is 2.39. The van der Waals surface area contributed by atoms with Crippen molar-refractivity contribution in [3.63, 3.8) is 0 Å². The Kier molecular flexibility index (Phi) is 4.15. The molecule has 0 aliphatic rings. The summed E-state index contributed by atoms with van der Waals surface area (Å²) in [4.78, 5) is 4.65. The number of hydrogen-bond acceptors (Lipinski definition) is 5. The van der Waals surface area contributed by atoms with Gasteiger partial charge in [0.2, 0.25) is 0 Å². The Bertz CT molecular complexity index is 760. The molecule has 0 aliphatic carbocycles. The molecule has 1 aromatic carbocycles. The number of benzene rings is 1. The monoisotopic (exact) mass is 320 g/mol. The molecule has 0 fully saturated rings. The van der Waals surface area contributed by atoms with E-state index in [9.17, 15) is 0 Å². The molecule has 3 nitrogen and oxygen atoms in total. The van der Waals surface area contributed by atoms with Crippen molar-refractivity contribution < 1.29 is 4.74 Å². The van der Waals surface area contributed by atoms with Gasteiger partial charge in [0.25, 0.3) is 0 Å². The third-order valence-electron chi connectivity index (χ3n) is 3.31. The molecule has 21 heavy (non-hydrogen) atoms. The van der Waals surface area contributed by atoms with Gasteiger partial charge in [-0.3, -0.25) is 0 Å². The van der Waals surface area contributed by atoms with E-state index >= 15 is 0 Å². The van der Waals surface area contributed by atoms with Crippen LogP contribution in [0.25, 0.3) is 20.3 Å². The number of nitrogens with one attached hydrogen (secondary N) is 1. The van der Waals surface area contributed by atoms with Crippen LogP contribution in [0.15, 0.2) is 17.5 Å². The molecule has 3 aromatic rings. The predicted octanol–water partition coefficient (Wildman–Crippen LogP) is 4.58. The molecule has 0 radical (unpaired) electrons. The Balaban J connectivity index is 1.94. The van der Waals surface area contributed by atoms with Crippen LogP contribution in [-0.2, 0) is 0 Å². The molecule has 0 saturated carbocycles. The first kappa shape index (κ1) is 14.8. The fourth-order valence-electron chi connectivity index (χ4n) is 2.34. The summed E-state index contributed by atoms with van der Waals surface area (Å²) in [6, 6.07) is 4.75. The number of thiazole rings is 1. The Hall–Kier alpha value is -1.17. The molecule has 0 saturated heterocycles.